The van der Waals surface area contributed by atoms with E-state index in [1.54, 1.807) is 24.3 Å². The summed E-state index contributed by atoms with van der Waals surface area (Å²) in [4.78, 5) is 23.3. The number of nitrogens with one attached hydrogen (secondary N) is 2. The van der Waals surface area contributed by atoms with Crippen molar-refractivity contribution < 1.29 is 9.59 Å². The van der Waals surface area contributed by atoms with Gasteiger partial charge < -0.3 is 16.4 Å². The number of rotatable bonds is 5. The van der Waals surface area contributed by atoms with Gasteiger partial charge in [0.25, 0.3) is 0 Å². The van der Waals surface area contributed by atoms with E-state index in [-0.39, 0.29) is 11.9 Å². The number of hydrogen-bond acceptors (Lipinski definition) is 3. The van der Waals surface area contributed by atoms with E-state index < -0.39 is 5.91 Å². The summed E-state index contributed by atoms with van der Waals surface area (Å²) < 4.78 is 0. The van der Waals surface area contributed by atoms with Gasteiger partial charge in [0.15, 0.2) is 0 Å². The van der Waals surface area contributed by atoms with Gasteiger partial charge in [0, 0.05) is 17.3 Å². The second-order valence-corrected chi connectivity index (χ2v) is 6.36. The molecular weight excluding hydrogens is 290 g/mol. The Kier molecular flexibility index (Phi) is 6.59. The predicted octanol–water partition coefficient (Wildman–Crippen LogP) is 2.82. The maximum absolute atomic E-state index is 12.3. The molecule has 126 valence electrons. The molecule has 0 unspecified atom stereocenters. The summed E-state index contributed by atoms with van der Waals surface area (Å²) in [7, 11) is 0. The average molecular weight is 317 g/mol. The molecule has 5 heteroatoms. The molecule has 1 aliphatic rings. The molecule has 0 heterocycles. The zero-order valence-electron chi connectivity index (χ0n) is 13.8. The van der Waals surface area contributed by atoms with E-state index in [1.807, 2.05) is 6.92 Å². The first kappa shape index (κ1) is 17.5. The van der Waals surface area contributed by atoms with E-state index in [0.717, 1.165) is 12.8 Å². The minimum Gasteiger partial charge on any atom is -0.366 e. The van der Waals surface area contributed by atoms with Crippen LogP contribution in [0.2, 0.25) is 0 Å². The smallest absolute Gasteiger partial charge is 0.248 e. The van der Waals surface area contributed by atoms with Gasteiger partial charge in [-0.1, -0.05) is 32.1 Å². The molecule has 0 spiro atoms. The van der Waals surface area contributed by atoms with Crippen LogP contribution in [0.4, 0.5) is 5.69 Å². The largest absolute Gasteiger partial charge is 0.366 e. The van der Waals surface area contributed by atoms with Gasteiger partial charge in [0.2, 0.25) is 11.8 Å². The molecule has 5 nitrogen and oxygen atoms in total. The number of nitrogens with two attached hydrogens (primary N) is 1. The molecule has 23 heavy (non-hydrogen) atoms. The number of carbonyl (C=O) groups is 2. The van der Waals surface area contributed by atoms with Crippen molar-refractivity contribution in [2.75, 3.05) is 5.32 Å². The molecule has 0 aromatic heterocycles. The Labute approximate surface area is 138 Å². The van der Waals surface area contributed by atoms with Crippen molar-refractivity contribution in [1.29, 1.82) is 0 Å². The van der Waals surface area contributed by atoms with E-state index >= 15 is 0 Å². The van der Waals surface area contributed by atoms with Crippen LogP contribution in [0.5, 0.6) is 0 Å². The quantitative estimate of drug-likeness (QED) is 0.780. The lowest BCUT2D eigenvalue weighted by molar-refractivity contribution is -0.118. The SMILES string of the molecule is C[C@H](NC1CCCCCCC1)C(=O)Nc1ccc(C(N)=O)cc1. The van der Waals surface area contributed by atoms with Crippen molar-refractivity contribution in [2.45, 2.75) is 64.0 Å². The highest BCUT2D eigenvalue weighted by Crippen LogP contribution is 2.17. The lowest BCUT2D eigenvalue weighted by Gasteiger charge is -2.24. The molecule has 0 aliphatic heterocycles. The molecule has 1 aromatic rings. The topological polar surface area (TPSA) is 84.2 Å². The third-order valence-electron chi connectivity index (χ3n) is 4.42. The van der Waals surface area contributed by atoms with Crippen LogP contribution >= 0.6 is 0 Å². The number of carbonyl (C=O) groups excluding carboxylic acids is 2. The molecule has 2 amide bonds. The first-order valence-corrected chi connectivity index (χ1v) is 8.53. The lowest BCUT2D eigenvalue weighted by atomic mass is 9.96. The maximum Gasteiger partial charge on any atom is 0.248 e. The molecular formula is C18H27N3O2. The van der Waals surface area contributed by atoms with Gasteiger partial charge in [-0.2, -0.15) is 0 Å². The van der Waals surface area contributed by atoms with Crippen LogP contribution < -0.4 is 16.4 Å². The van der Waals surface area contributed by atoms with Gasteiger partial charge in [-0.3, -0.25) is 9.59 Å². The fraction of sp³-hybridized carbons (Fsp3) is 0.556. The number of primary amides is 1. The van der Waals surface area contributed by atoms with E-state index in [2.05, 4.69) is 10.6 Å². The zero-order chi connectivity index (χ0) is 16.7. The fourth-order valence-electron chi connectivity index (χ4n) is 3.02. The standard InChI is InChI=1S/C18H27N3O2/c1-13(20-15-7-5-3-2-4-6-8-15)18(23)21-16-11-9-14(10-12-16)17(19)22/h9-13,15,20H,2-8H2,1H3,(H2,19,22)(H,21,23)/t13-/m0/s1. The number of hydrogen-bond donors (Lipinski definition) is 3. The number of anilines is 1. The molecule has 1 fully saturated rings. The molecule has 2 rings (SSSR count). The Hall–Kier alpha value is -1.88. The fourth-order valence-corrected chi connectivity index (χ4v) is 3.02. The second-order valence-electron chi connectivity index (χ2n) is 6.36. The minimum atomic E-state index is -0.470. The van der Waals surface area contributed by atoms with Crippen molar-refractivity contribution in [1.82, 2.24) is 5.32 Å². The summed E-state index contributed by atoms with van der Waals surface area (Å²) in [5, 5.41) is 6.32. The van der Waals surface area contributed by atoms with Crippen LogP contribution in [0, 0.1) is 0 Å². The Balaban J connectivity index is 1.84. The third-order valence-corrected chi connectivity index (χ3v) is 4.42. The van der Waals surface area contributed by atoms with Crippen molar-refractivity contribution >= 4 is 17.5 Å². The number of benzene rings is 1. The highest BCUT2D eigenvalue weighted by molar-refractivity contribution is 5.96. The van der Waals surface area contributed by atoms with Crippen LogP contribution in [0.15, 0.2) is 24.3 Å². The molecule has 1 atom stereocenters. The van der Waals surface area contributed by atoms with Crippen LogP contribution in [0.3, 0.4) is 0 Å². The second kappa shape index (κ2) is 8.67. The van der Waals surface area contributed by atoms with E-state index in [4.69, 9.17) is 5.73 Å². The van der Waals surface area contributed by atoms with Gasteiger partial charge in [-0.15, -0.1) is 0 Å². The molecule has 0 bridgehead atoms. The summed E-state index contributed by atoms with van der Waals surface area (Å²) in [6.45, 7) is 1.89. The highest BCUT2D eigenvalue weighted by atomic mass is 16.2. The van der Waals surface area contributed by atoms with Crippen molar-refractivity contribution in [2.24, 2.45) is 5.73 Å². The van der Waals surface area contributed by atoms with Gasteiger partial charge in [0.1, 0.15) is 0 Å². The highest BCUT2D eigenvalue weighted by Gasteiger charge is 2.18. The zero-order valence-corrected chi connectivity index (χ0v) is 13.8. The number of amides is 2. The van der Waals surface area contributed by atoms with Gasteiger partial charge in [-0.25, -0.2) is 0 Å². The molecule has 0 saturated heterocycles. The first-order chi connectivity index (χ1) is 11.1. The Morgan fingerprint density at radius 2 is 1.61 bits per heavy atom. The molecule has 0 radical (unpaired) electrons. The minimum absolute atomic E-state index is 0.0566. The Morgan fingerprint density at radius 1 is 1.04 bits per heavy atom. The molecule has 1 aromatic carbocycles. The normalized spacial score (nSPS) is 17.8. The van der Waals surface area contributed by atoms with Crippen LogP contribution in [-0.4, -0.2) is 23.9 Å². The molecule has 4 N–H and O–H groups in total. The van der Waals surface area contributed by atoms with Crippen molar-refractivity contribution in [3.05, 3.63) is 29.8 Å². The Bertz CT molecular complexity index is 520. The summed E-state index contributed by atoms with van der Waals surface area (Å²) in [5.41, 5.74) is 6.31. The first-order valence-electron chi connectivity index (χ1n) is 8.53. The monoisotopic (exact) mass is 317 g/mol. The molecule has 1 aliphatic carbocycles. The molecule has 1 saturated carbocycles. The third kappa shape index (κ3) is 5.67. The van der Waals surface area contributed by atoms with Crippen LogP contribution in [-0.2, 0) is 4.79 Å². The lowest BCUT2D eigenvalue weighted by Crippen LogP contribution is -2.44. The van der Waals surface area contributed by atoms with Gasteiger partial charge in [-0.05, 0) is 44.0 Å². The maximum atomic E-state index is 12.3. The van der Waals surface area contributed by atoms with Crippen molar-refractivity contribution in [3.63, 3.8) is 0 Å². The average Bonchev–Trinajstić information content (AvgIpc) is 2.50. The van der Waals surface area contributed by atoms with E-state index in [0.29, 0.717) is 17.3 Å². The summed E-state index contributed by atoms with van der Waals surface area (Å²) >= 11 is 0. The van der Waals surface area contributed by atoms with Gasteiger partial charge in [0.05, 0.1) is 6.04 Å². The van der Waals surface area contributed by atoms with E-state index in [1.165, 1.54) is 32.1 Å². The van der Waals surface area contributed by atoms with Crippen molar-refractivity contribution in [3.8, 4) is 0 Å². The van der Waals surface area contributed by atoms with Crippen LogP contribution in [0.1, 0.15) is 62.2 Å². The van der Waals surface area contributed by atoms with Gasteiger partial charge >= 0.3 is 0 Å². The Morgan fingerprint density at radius 3 is 2.17 bits per heavy atom. The summed E-state index contributed by atoms with van der Waals surface area (Å²) in [6.07, 6.45) is 8.69. The predicted molar refractivity (Wildman–Crippen MR) is 92.3 cm³/mol. The van der Waals surface area contributed by atoms with Crippen LogP contribution in [0.25, 0.3) is 0 Å². The van der Waals surface area contributed by atoms with E-state index in [9.17, 15) is 9.59 Å². The summed E-state index contributed by atoms with van der Waals surface area (Å²) in [5.74, 6) is -0.527. The summed E-state index contributed by atoms with van der Waals surface area (Å²) in [6, 6.07) is 6.81.